The summed E-state index contributed by atoms with van der Waals surface area (Å²) in [7, 11) is 3.34. The van der Waals surface area contributed by atoms with Crippen LogP contribution in [0.3, 0.4) is 0 Å². The molecule has 0 saturated heterocycles. The Bertz CT molecular complexity index is 1580. The van der Waals surface area contributed by atoms with Crippen molar-refractivity contribution in [1.29, 1.82) is 0 Å². The molecule has 9 nitrogen and oxygen atoms in total. The maximum Gasteiger partial charge on any atom is 0.453 e. The Kier molecular flexibility index (Phi) is 5.99. The highest BCUT2D eigenvalue weighted by molar-refractivity contribution is 6.09. The van der Waals surface area contributed by atoms with Gasteiger partial charge in [-0.05, 0) is 25.5 Å². The number of halogens is 6. The van der Waals surface area contributed by atoms with Crippen molar-refractivity contribution in [1.82, 2.24) is 29.3 Å². The molecule has 1 aliphatic heterocycles. The number of rotatable bonds is 6. The third-order valence-corrected chi connectivity index (χ3v) is 6.50. The number of anilines is 2. The molecule has 0 radical (unpaired) electrons. The van der Waals surface area contributed by atoms with Gasteiger partial charge in [-0.25, -0.2) is 24.3 Å². The van der Waals surface area contributed by atoms with Crippen LogP contribution in [0.25, 0.3) is 17.2 Å². The fourth-order valence-corrected chi connectivity index (χ4v) is 4.39. The van der Waals surface area contributed by atoms with E-state index in [1.165, 1.54) is 35.1 Å². The maximum atomic E-state index is 13.7. The number of nitrogens with zero attached hydrogens (tertiary/aromatic N) is 7. The van der Waals surface area contributed by atoms with Crippen molar-refractivity contribution in [3.8, 4) is 11.5 Å². The average Bonchev–Trinajstić information content (AvgIpc) is 3.44. The van der Waals surface area contributed by atoms with Gasteiger partial charge in [0, 0.05) is 39.1 Å². The van der Waals surface area contributed by atoms with E-state index in [0.717, 1.165) is 6.20 Å². The second-order valence-corrected chi connectivity index (χ2v) is 9.36. The summed E-state index contributed by atoms with van der Waals surface area (Å²) < 4.78 is 80.5. The van der Waals surface area contributed by atoms with Crippen molar-refractivity contribution < 1.29 is 31.1 Å². The predicted molar refractivity (Wildman–Crippen MR) is 127 cm³/mol. The first-order valence-corrected chi connectivity index (χ1v) is 11.5. The lowest BCUT2D eigenvalue weighted by Crippen LogP contribution is -2.36. The zero-order valence-corrected chi connectivity index (χ0v) is 20.7. The minimum absolute atomic E-state index is 0.0199. The summed E-state index contributed by atoms with van der Waals surface area (Å²) in [5.74, 6) is -5.59. The molecule has 15 heteroatoms. The molecule has 5 heterocycles. The molecule has 4 aromatic rings. The number of pyridine rings is 1. The molecule has 4 aromatic heterocycles. The molecular weight excluding hydrogens is 530 g/mol. The third-order valence-electron chi connectivity index (χ3n) is 6.50. The van der Waals surface area contributed by atoms with Crippen molar-refractivity contribution in [2.45, 2.75) is 37.3 Å². The fourth-order valence-electron chi connectivity index (χ4n) is 4.39. The van der Waals surface area contributed by atoms with Gasteiger partial charge in [-0.15, -0.1) is 0 Å². The minimum atomic E-state index is -5.70. The Labute approximate surface area is 217 Å². The number of aryl methyl sites for hydroxylation is 1. The number of imidazole rings is 1. The summed E-state index contributed by atoms with van der Waals surface area (Å²) in [4.78, 5) is 36.2. The van der Waals surface area contributed by atoms with Crippen LogP contribution in [0, 0.1) is 5.82 Å². The van der Waals surface area contributed by atoms with Crippen LogP contribution in [0.2, 0.25) is 0 Å². The van der Waals surface area contributed by atoms with Crippen LogP contribution in [-0.4, -0.2) is 61.4 Å². The van der Waals surface area contributed by atoms with E-state index in [4.69, 9.17) is 0 Å². The molecule has 1 unspecified atom stereocenters. The van der Waals surface area contributed by atoms with E-state index in [9.17, 15) is 31.1 Å². The molecule has 1 amide bonds. The van der Waals surface area contributed by atoms with Crippen molar-refractivity contribution in [3.63, 3.8) is 0 Å². The van der Waals surface area contributed by atoms with E-state index in [-0.39, 0.29) is 34.4 Å². The quantitative estimate of drug-likeness (QED) is 0.360. The van der Waals surface area contributed by atoms with Crippen molar-refractivity contribution in [3.05, 3.63) is 59.7 Å². The van der Waals surface area contributed by atoms with Crippen molar-refractivity contribution in [2.24, 2.45) is 0 Å². The van der Waals surface area contributed by atoms with Crippen molar-refractivity contribution >= 4 is 23.2 Å². The van der Waals surface area contributed by atoms with E-state index in [2.05, 4.69) is 30.2 Å². The number of carbonyl (C=O) groups excluding carboxylic acids is 1. The SMILES string of the molecule is CN(C)c1nc(-c2cn3ccnc3c(CCC(F)(F)C(F)(F)F)n2)nc2c1C(C)(c1ccc(F)cn1)C(=O)N2. The Morgan fingerprint density at radius 1 is 1.08 bits per heavy atom. The molecule has 0 saturated carbocycles. The summed E-state index contributed by atoms with van der Waals surface area (Å²) in [6.45, 7) is 1.60. The monoisotopic (exact) mass is 550 g/mol. The lowest BCUT2D eigenvalue weighted by molar-refractivity contribution is -0.284. The van der Waals surface area contributed by atoms with E-state index >= 15 is 0 Å². The number of amides is 1. The molecular formula is C24H20F6N8O. The molecule has 1 N–H and O–H groups in total. The summed E-state index contributed by atoms with van der Waals surface area (Å²) in [5.41, 5.74) is -0.702. The van der Waals surface area contributed by atoms with Gasteiger partial charge in [0.15, 0.2) is 11.5 Å². The van der Waals surface area contributed by atoms with Crippen LogP contribution in [0.1, 0.15) is 30.3 Å². The van der Waals surface area contributed by atoms with Gasteiger partial charge < -0.3 is 14.6 Å². The molecule has 204 valence electrons. The van der Waals surface area contributed by atoms with Gasteiger partial charge in [0.1, 0.15) is 28.6 Å². The fraction of sp³-hybridized carbons (Fsp3) is 0.333. The number of nitrogens with one attached hydrogen (secondary N) is 1. The van der Waals surface area contributed by atoms with E-state index < -0.39 is 42.1 Å². The van der Waals surface area contributed by atoms with Crippen LogP contribution < -0.4 is 10.2 Å². The zero-order chi connectivity index (χ0) is 28.3. The third kappa shape index (κ3) is 4.30. The molecule has 39 heavy (non-hydrogen) atoms. The van der Waals surface area contributed by atoms with Gasteiger partial charge in [0.2, 0.25) is 5.91 Å². The number of hydrogen-bond acceptors (Lipinski definition) is 7. The molecule has 1 aliphatic rings. The summed E-state index contributed by atoms with van der Waals surface area (Å²) in [5, 5.41) is 2.69. The van der Waals surface area contributed by atoms with Crippen LogP contribution in [-0.2, 0) is 16.6 Å². The van der Waals surface area contributed by atoms with Crippen LogP contribution in [0.5, 0.6) is 0 Å². The van der Waals surface area contributed by atoms with E-state index in [1.54, 1.807) is 25.9 Å². The highest BCUT2D eigenvalue weighted by Gasteiger charge is 2.56. The van der Waals surface area contributed by atoms with Crippen LogP contribution in [0.4, 0.5) is 38.0 Å². The lowest BCUT2D eigenvalue weighted by Gasteiger charge is -2.25. The van der Waals surface area contributed by atoms with Gasteiger partial charge in [0.05, 0.1) is 23.1 Å². The number of aromatic nitrogens is 6. The van der Waals surface area contributed by atoms with Gasteiger partial charge in [-0.3, -0.25) is 9.78 Å². The smallest absolute Gasteiger partial charge is 0.362 e. The molecule has 0 aliphatic carbocycles. The molecule has 5 rings (SSSR count). The van der Waals surface area contributed by atoms with Gasteiger partial charge >= 0.3 is 12.1 Å². The lowest BCUT2D eigenvalue weighted by atomic mass is 9.80. The topological polar surface area (TPSA) is 101 Å². The molecule has 0 bridgehead atoms. The van der Waals surface area contributed by atoms with Crippen LogP contribution >= 0.6 is 0 Å². The second kappa shape index (κ2) is 8.88. The number of carbonyl (C=O) groups is 1. The zero-order valence-electron chi connectivity index (χ0n) is 20.7. The number of fused-ring (bicyclic) bond motifs is 2. The number of hydrogen-bond donors (Lipinski definition) is 1. The number of alkyl halides is 5. The first-order valence-electron chi connectivity index (χ1n) is 11.5. The normalized spacial score (nSPS) is 17.4. The first-order chi connectivity index (χ1) is 18.2. The Hall–Kier alpha value is -4.30. The first kappa shape index (κ1) is 26.3. The Balaban J connectivity index is 1.62. The highest BCUT2D eigenvalue weighted by Crippen LogP contribution is 2.46. The molecule has 1 atom stereocenters. The van der Waals surface area contributed by atoms with Crippen molar-refractivity contribution in [2.75, 3.05) is 24.3 Å². The second-order valence-electron chi connectivity index (χ2n) is 9.36. The van der Waals surface area contributed by atoms with Gasteiger partial charge in [-0.1, -0.05) is 0 Å². The molecule has 0 spiro atoms. The molecule has 0 aromatic carbocycles. The van der Waals surface area contributed by atoms with Gasteiger partial charge in [-0.2, -0.15) is 22.0 Å². The summed E-state index contributed by atoms with van der Waals surface area (Å²) in [6, 6.07) is 2.56. The predicted octanol–water partition coefficient (Wildman–Crippen LogP) is 4.17. The minimum Gasteiger partial charge on any atom is -0.362 e. The Morgan fingerprint density at radius 2 is 1.82 bits per heavy atom. The largest absolute Gasteiger partial charge is 0.453 e. The van der Waals surface area contributed by atoms with E-state index in [0.29, 0.717) is 11.4 Å². The molecule has 0 fully saturated rings. The maximum absolute atomic E-state index is 13.7. The van der Waals surface area contributed by atoms with Crippen LogP contribution in [0.15, 0.2) is 36.9 Å². The average molecular weight is 550 g/mol. The highest BCUT2D eigenvalue weighted by atomic mass is 19.4. The van der Waals surface area contributed by atoms with Gasteiger partial charge in [0.25, 0.3) is 0 Å². The summed E-state index contributed by atoms with van der Waals surface area (Å²) in [6.07, 6.45) is -2.69. The van der Waals surface area contributed by atoms with E-state index in [1.807, 2.05) is 0 Å². The Morgan fingerprint density at radius 3 is 2.46 bits per heavy atom. The standard InChI is InChI=1S/C24H20F6N8O/c1-22(15-5-4-12(25)10-32-15)16-18(36-21(22)39)34-17(35-20(16)37(2)3)14-11-38-9-8-31-19(38)13(33-14)6-7-23(26,27)24(28,29)30/h4-5,8-11H,6-7H2,1-3H3,(H,34,35,36,39). The summed E-state index contributed by atoms with van der Waals surface area (Å²) >= 11 is 0.